The highest BCUT2D eigenvalue weighted by Gasteiger charge is 2.88. The summed E-state index contributed by atoms with van der Waals surface area (Å²) in [6, 6.07) is 0. The highest BCUT2D eigenvalue weighted by atomic mass is 19.4. The summed E-state index contributed by atoms with van der Waals surface area (Å²) in [5, 5.41) is 0. The van der Waals surface area contributed by atoms with Crippen molar-refractivity contribution in [1.29, 1.82) is 0 Å². The number of carbonyl (C=O) groups is 1. The lowest BCUT2D eigenvalue weighted by molar-refractivity contribution is -0.578. The van der Waals surface area contributed by atoms with Crippen LogP contribution >= 0.6 is 0 Å². The predicted octanol–water partition coefficient (Wildman–Crippen LogP) is 6.87. The second-order valence-electron chi connectivity index (χ2n) is 6.70. The van der Waals surface area contributed by atoms with Crippen LogP contribution in [-0.4, -0.2) is 79.6 Å². The first-order chi connectivity index (χ1) is 17.4. The SMILES string of the molecule is COC(=O)[C@@](F)(OC(F)(F)[C@](F)(OC(F)(F)[C@@](F)(OC(F)(F)C(F)(F)C(F)(F)F)C(F)(F)F)C(F)(F)F)C(F)(F)F. The lowest BCUT2D eigenvalue weighted by Crippen LogP contribution is -2.70. The van der Waals surface area contributed by atoms with Crippen molar-refractivity contribution in [2.45, 2.75) is 66.5 Å². The molecule has 0 aromatic rings. The average Bonchev–Trinajstić information content (AvgIpc) is 2.68. The minimum atomic E-state index is -8.74. The van der Waals surface area contributed by atoms with Gasteiger partial charge in [0.2, 0.25) is 0 Å². The molecule has 0 unspecified atom stereocenters. The normalized spacial score (nSPS) is 19.7. The zero-order valence-corrected chi connectivity index (χ0v) is 17.7. The van der Waals surface area contributed by atoms with Crippen LogP contribution in [0.3, 0.4) is 0 Å². The van der Waals surface area contributed by atoms with Crippen LogP contribution in [0, 0.1) is 0 Å². The van der Waals surface area contributed by atoms with Crippen LogP contribution in [0.25, 0.3) is 0 Å². The zero-order chi connectivity index (χ0) is 33.9. The van der Waals surface area contributed by atoms with Crippen molar-refractivity contribution in [3.63, 3.8) is 0 Å². The van der Waals surface area contributed by atoms with Gasteiger partial charge in [-0.05, 0) is 0 Å². The average molecular weight is 676 g/mol. The van der Waals surface area contributed by atoms with E-state index in [1.54, 1.807) is 4.74 Å². The highest BCUT2D eigenvalue weighted by Crippen LogP contribution is 2.59. The fourth-order valence-corrected chi connectivity index (χ4v) is 1.80. The molecular formula is C13H3F23O5. The van der Waals surface area contributed by atoms with Crippen LogP contribution in [0.1, 0.15) is 0 Å². The number of hydrogen-bond acceptors (Lipinski definition) is 5. The predicted molar refractivity (Wildman–Crippen MR) is 70.8 cm³/mol. The number of methoxy groups -OCH3 is 1. The molecule has 28 heteroatoms. The second kappa shape index (κ2) is 10.2. The minimum absolute atomic E-state index is 0.393. The van der Waals surface area contributed by atoms with Crippen molar-refractivity contribution in [3.8, 4) is 0 Å². The molecule has 0 saturated carbocycles. The Hall–Kier alpha value is -2.26. The lowest BCUT2D eigenvalue weighted by Gasteiger charge is -2.42. The highest BCUT2D eigenvalue weighted by molar-refractivity contribution is 5.78. The molecule has 0 heterocycles. The van der Waals surface area contributed by atoms with Crippen LogP contribution in [0.5, 0.6) is 0 Å². The maximum absolute atomic E-state index is 14.1. The first-order valence-electron chi connectivity index (χ1n) is 8.39. The summed E-state index contributed by atoms with van der Waals surface area (Å²) in [5.41, 5.74) is 0. The van der Waals surface area contributed by atoms with E-state index in [2.05, 4.69) is 4.74 Å². The maximum atomic E-state index is 14.1. The fraction of sp³-hybridized carbons (Fsp3) is 0.923. The van der Waals surface area contributed by atoms with E-state index in [1.165, 1.54) is 0 Å². The Morgan fingerprint density at radius 1 is 0.415 bits per heavy atom. The molecule has 0 aliphatic rings. The molecule has 0 N–H and O–H groups in total. The van der Waals surface area contributed by atoms with Crippen molar-refractivity contribution in [1.82, 2.24) is 0 Å². The maximum Gasteiger partial charge on any atom is 0.462 e. The molecule has 0 rings (SSSR count). The number of carbonyl (C=O) groups excluding carboxylic acids is 1. The Kier molecular flexibility index (Phi) is 9.62. The van der Waals surface area contributed by atoms with Crippen molar-refractivity contribution >= 4 is 5.97 Å². The van der Waals surface area contributed by atoms with Gasteiger partial charge in [-0.25, -0.2) is 4.79 Å². The van der Waals surface area contributed by atoms with E-state index in [9.17, 15) is 106 Å². The summed E-state index contributed by atoms with van der Waals surface area (Å²) in [6.45, 7) is 0. The van der Waals surface area contributed by atoms with E-state index < -0.39 is 79.6 Å². The Labute approximate surface area is 206 Å². The van der Waals surface area contributed by atoms with Gasteiger partial charge < -0.3 is 4.74 Å². The topological polar surface area (TPSA) is 54.0 Å². The summed E-state index contributed by atoms with van der Waals surface area (Å²) in [7, 11) is -0.393. The smallest absolute Gasteiger partial charge is 0.462 e. The van der Waals surface area contributed by atoms with Crippen LogP contribution in [0.15, 0.2) is 0 Å². The molecule has 0 saturated heterocycles. The summed E-state index contributed by atoms with van der Waals surface area (Å²) in [5.74, 6) is -36.5. The molecule has 0 aliphatic carbocycles. The Balaban J connectivity index is 7.29. The molecular weight excluding hydrogens is 673 g/mol. The molecule has 0 radical (unpaired) electrons. The van der Waals surface area contributed by atoms with Gasteiger partial charge in [0.1, 0.15) is 0 Å². The van der Waals surface area contributed by atoms with Crippen LogP contribution in [0.4, 0.5) is 101 Å². The summed E-state index contributed by atoms with van der Waals surface area (Å²) >= 11 is 0. The Bertz CT molecular complexity index is 948. The molecule has 0 fully saturated rings. The molecule has 3 atom stereocenters. The van der Waals surface area contributed by atoms with Gasteiger partial charge in [-0.1, -0.05) is 0 Å². The monoisotopic (exact) mass is 676 g/mol. The van der Waals surface area contributed by atoms with Crippen LogP contribution in [-0.2, 0) is 23.7 Å². The molecule has 5 nitrogen and oxygen atoms in total. The summed E-state index contributed by atoms with van der Waals surface area (Å²) in [6.07, 6.45) is -57.5. The van der Waals surface area contributed by atoms with Gasteiger partial charge in [0, 0.05) is 0 Å². The number of ether oxygens (including phenoxy) is 4. The minimum Gasteiger partial charge on any atom is -0.465 e. The Morgan fingerprint density at radius 3 is 0.951 bits per heavy atom. The number of alkyl halides is 23. The van der Waals surface area contributed by atoms with E-state index in [1.807, 2.05) is 0 Å². The lowest BCUT2D eigenvalue weighted by atomic mass is 10.2. The van der Waals surface area contributed by atoms with E-state index in [0.29, 0.717) is 0 Å². The molecule has 0 aromatic carbocycles. The van der Waals surface area contributed by atoms with Gasteiger partial charge in [0.05, 0.1) is 7.11 Å². The fourth-order valence-electron chi connectivity index (χ4n) is 1.80. The quantitative estimate of drug-likeness (QED) is 0.187. The van der Waals surface area contributed by atoms with Gasteiger partial charge in [-0.2, -0.15) is 101 Å². The van der Waals surface area contributed by atoms with Crippen molar-refractivity contribution in [3.05, 3.63) is 0 Å². The van der Waals surface area contributed by atoms with Crippen molar-refractivity contribution in [2.24, 2.45) is 0 Å². The van der Waals surface area contributed by atoms with Crippen LogP contribution < -0.4 is 0 Å². The largest absolute Gasteiger partial charge is 0.465 e. The molecule has 0 amide bonds. The third kappa shape index (κ3) is 6.41. The molecule has 41 heavy (non-hydrogen) atoms. The van der Waals surface area contributed by atoms with E-state index in [4.69, 9.17) is 0 Å². The third-order valence-corrected chi connectivity index (χ3v) is 3.82. The molecule has 0 bridgehead atoms. The first-order valence-corrected chi connectivity index (χ1v) is 8.39. The third-order valence-electron chi connectivity index (χ3n) is 3.82. The van der Waals surface area contributed by atoms with Crippen molar-refractivity contribution in [2.75, 3.05) is 7.11 Å². The van der Waals surface area contributed by atoms with E-state index in [-0.39, 0.29) is 0 Å². The summed E-state index contributed by atoms with van der Waals surface area (Å²) < 4.78 is 306. The molecule has 0 aliphatic heterocycles. The van der Waals surface area contributed by atoms with Crippen LogP contribution in [0.2, 0.25) is 0 Å². The van der Waals surface area contributed by atoms with Gasteiger partial charge in [0.15, 0.2) is 0 Å². The zero-order valence-electron chi connectivity index (χ0n) is 17.7. The first kappa shape index (κ1) is 38.7. The number of halogens is 23. The van der Waals surface area contributed by atoms with Gasteiger partial charge in [0.25, 0.3) is 0 Å². The second-order valence-corrected chi connectivity index (χ2v) is 6.70. The van der Waals surface area contributed by atoms with E-state index in [0.717, 1.165) is 9.47 Å². The van der Waals surface area contributed by atoms with Gasteiger partial charge in [-0.15, -0.1) is 0 Å². The molecule has 0 spiro atoms. The molecule has 0 aromatic heterocycles. The van der Waals surface area contributed by atoms with Gasteiger partial charge >= 0.3 is 72.5 Å². The Morgan fingerprint density at radius 2 is 0.707 bits per heavy atom. The van der Waals surface area contributed by atoms with Crippen molar-refractivity contribution < 1.29 is 125 Å². The standard InChI is InChI=1S/C13H3F23O5/c1-38-2(37)3(14,7(19,20)21)39-12(33,34)5(17,9(25,26)27)41-13(35,36)6(18,10(28,29)30)40-11(31,32)4(15,16)8(22,23)24/h1H3/t3-,5-,6+/m1/s1. The number of esters is 1. The van der Waals surface area contributed by atoms with Gasteiger partial charge in [-0.3, -0.25) is 14.2 Å². The number of hydrogen-bond donors (Lipinski definition) is 0. The van der Waals surface area contributed by atoms with E-state index >= 15 is 0 Å². The number of rotatable bonds is 10. The summed E-state index contributed by atoms with van der Waals surface area (Å²) in [4.78, 5) is 10.8. The molecule has 246 valence electrons.